The fourth-order valence-electron chi connectivity index (χ4n) is 11.1. The Labute approximate surface area is 317 Å². The molecule has 2 fully saturated rings. The maximum atomic E-state index is 2.70. The molecule has 0 amide bonds. The molecule has 50 heavy (non-hydrogen) atoms. The second-order valence-electron chi connectivity index (χ2n) is 20.3. The summed E-state index contributed by atoms with van der Waals surface area (Å²) in [5.74, 6) is 6.54. The van der Waals surface area contributed by atoms with Gasteiger partial charge in [-0.1, -0.05) is 170 Å². The van der Waals surface area contributed by atoms with Crippen LogP contribution >= 0.6 is 0 Å². The van der Waals surface area contributed by atoms with Gasteiger partial charge >= 0.3 is 0 Å². The molecule has 2 aliphatic carbocycles. The van der Waals surface area contributed by atoms with Crippen LogP contribution in [0.2, 0.25) is 0 Å². The Bertz CT molecular complexity index is 996. The third-order valence-corrected chi connectivity index (χ3v) is 15.2. The Balaban J connectivity index is 1.94. The lowest BCUT2D eigenvalue weighted by Gasteiger charge is -2.51. The monoisotopic (exact) mass is 693 g/mol. The maximum absolute atomic E-state index is 2.70. The van der Waals surface area contributed by atoms with E-state index in [0.29, 0.717) is 28.1 Å². The smallest absolute Gasteiger partial charge is 0.0200 e. The quantitative estimate of drug-likeness (QED) is 0.0738. The van der Waals surface area contributed by atoms with E-state index in [2.05, 4.69) is 120 Å². The minimum absolute atomic E-state index is 0.463. The molecule has 292 valence electrons. The summed E-state index contributed by atoms with van der Waals surface area (Å²) < 4.78 is 0. The van der Waals surface area contributed by atoms with Crippen LogP contribution in [0.15, 0.2) is 36.0 Å². The Hall–Kier alpha value is -0.780. The van der Waals surface area contributed by atoms with Crippen LogP contribution in [0, 0.1) is 63.6 Å². The third kappa shape index (κ3) is 15.3. The van der Waals surface area contributed by atoms with Crippen molar-refractivity contribution in [2.75, 3.05) is 0 Å². The Morgan fingerprint density at radius 3 is 2.16 bits per heavy atom. The van der Waals surface area contributed by atoms with Crippen molar-refractivity contribution in [2.24, 2.45) is 63.6 Å². The standard InChI is InChI=1S/C50H92/c1-14-42(8)45(15-2)36-41(7)35-40(6)26-20-17-21-27-43(9)46(16-3)37-48(11)33-29-44(10)50(13,38-48)34-30-47-28-22-24-32-49(47,12)31-23-18-19-25-39(4)5/h17,20-21,26-27,39-42,44-47H,14-16,18-19,22-25,28-38H2,1-13H3/b21-17+,26-20+,43-27+/t40-,41+,42+,44+,45-,46-,47?,48-,49-,50+/m0/s1. The van der Waals surface area contributed by atoms with Crippen LogP contribution in [0.25, 0.3) is 0 Å². The van der Waals surface area contributed by atoms with Crippen molar-refractivity contribution in [1.29, 1.82) is 0 Å². The van der Waals surface area contributed by atoms with E-state index < -0.39 is 0 Å². The van der Waals surface area contributed by atoms with Gasteiger partial charge in [0.25, 0.3) is 0 Å². The molecule has 0 aliphatic heterocycles. The van der Waals surface area contributed by atoms with Crippen LogP contribution in [-0.4, -0.2) is 0 Å². The van der Waals surface area contributed by atoms with Gasteiger partial charge in [-0.15, -0.1) is 0 Å². The van der Waals surface area contributed by atoms with Crippen LogP contribution in [0.1, 0.15) is 218 Å². The van der Waals surface area contributed by atoms with Crippen molar-refractivity contribution < 1.29 is 0 Å². The first-order valence-corrected chi connectivity index (χ1v) is 22.6. The number of hydrogen-bond donors (Lipinski definition) is 0. The van der Waals surface area contributed by atoms with Crippen molar-refractivity contribution in [3.05, 3.63) is 36.0 Å². The van der Waals surface area contributed by atoms with Crippen LogP contribution in [0.4, 0.5) is 0 Å². The van der Waals surface area contributed by atoms with Crippen molar-refractivity contribution in [1.82, 2.24) is 0 Å². The van der Waals surface area contributed by atoms with Gasteiger partial charge in [0.05, 0.1) is 0 Å². The van der Waals surface area contributed by atoms with Crippen LogP contribution in [-0.2, 0) is 0 Å². The Kier molecular flexibility index (Phi) is 20.4. The lowest BCUT2D eigenvalue weighted by Crippen LogP contribution is -2.40. The molecule has 0 N–H and O–H groups in total. The summed E-state index contributed by atoms with van der Waals surface area (Å²) in [7, 11) is 0. The number of rotatable bonds is 23. The predicted octanol–water partition coefficient (Wildman–Crippen LogP) is 17.0. The normalized spacial score (nSPS) is 31.4. The highest BCUT2D eigenvalue weighted by Gasteiger charge is 2.45. The molecule has 0 aromatic heterocycles. The first-order valence-electron chi connectivity index (χ1n) is 22.6. The third-order valence-electron chi connectivity index (χ3n) is 15.2. The van der Waals surface area contributed by atoms with E-state index in [-0.39, 0.29) is 0 Å². The van der Waals surface area contributed by atoms with Gasteiger partial charge in [-0.2, -0.15) is 0 Å². The summed E-state index contributed by atoms with van der Waals surface area (Å²) in [4.78, 5) is 0. The second kappa shape index (κ2) is 22.4. The second-order valence-corrected chi connectivity index (χ2v) is 20.3. The van der Waals surface area contributed by atoms with Gasteiger partial charge in [-0.3, -0.25) is 0 Å². The van der Waals surface area contributed by atoms with E-state index in [0.717, 1.165) is 35.5 Å². The summed E-state index contributed by atoms with van der Waals surface area (Å²) in [6.07, 6.45) is 40.1. The number of unbranched alkanes of at least 4 members (excludes halogenated alkanes) is 2. The Morgan fingerprint density at radius 2 is 1.50 bits per heavy atom. The molecule has 0 heterocycles. The van der Waals surface area contributed by atoms with Gasteiger partial charge in [0.1, 0.15) is 0 Å². The van der Waals surface area contributed by atoms with Gasteiger partial charge in [0, 0.05) is 0 Å². The van der Waals surface area contributed by atoms with Crippen molar-refractivity contribution >= 4 is 0 Å². The molecular formula is C50H92. The summed E-state index contributed by atoms with van der Waals surface area (Å²) in [5.41, 5.74) is 3.13. The lowest BCUT2D eigenvalue weighted by atomic mass is 9.54. The van der Waals surface area contributed by atoms with E-state index in [1.807, 2.05) is 0 Å². The van der Waals surface area contributed by atoms with Crippen molar-refractivity contribution in [3.63, 3.8) is 0 Å². The first kappa shape index (κ1) is 45.4. The Morgan fingerprint density at radius 1 is 0.760 bits per heavy atom. The van der Waals surface area contributed by atoms with Gasteiger partial charge in [0.15, 0.2) is 0 Å². The molecule has 2 saturated carbocycles. The zero-order valence-electron chi connectivity index (χ0n) is 36.6. The largest absolute Gasteiger partial charge is 0.0817 e. The van der Waals surface area contributed by atoms with E-state index in [9.17, 15) is 0 Å². The summed E-state index contributed by atoms with van der Waals surface area (Å²) in [5, 5.41) is 0. The minimum Gasteiger partial charge on any atom is -0.0817 e. The molecule has 0 aromatic rings. The molecule has 2 aliphatic rings. The lowest BCUT2D eigenvalue weighted by molar-refractivity contribution is -0.00255. The molecule has 10 atom stereocenters. The van der Waals surface area contributed by atoms with E-state index in [1.165, 1.54) is 128 Å². The van der Waals surface area contributed by atoms with E-state index in [1.54, 1.807) is 5.57 Å². The number of hydrogen-bond acceptors (Lipinski definition) is 0. The van der Waals surface area contributed by atoms with Crippen LogP contribution in [0.5, 0.6) is 0 Å². The highest BCUT2D eigenvalue weighted by Crippen LogP contribution is 2.56. The van der Waals surface area contributed by atoms with Crippen LogP contribution < -0.4 is 0 Å². The van der Waals surface area contributed by atoms with Crippen LogP contribution in [0.3, 0.4) is 0 Å². The van der Waals surface area contributed by atoms with Crippen molar-refractivity contribution in [3.8, 4) is 0 Å². The highest BCUT2D eigenvalue weighted by molar-refractivity contribution is 5.18. The number of allylic oxidation sites excluding steroid dienone is 6. The van der Waals surface area contributed by atoms with Gasteiger partial charge in [-0.25, -0.2) is 0 Å². The molecule has 0 aromatic carbocycles. The molecule has 0 saturated heterocycles. The molecule has 0 nitrogen and oxygen atoms in total. The fraction of sp³-hybridized carbons (Fsp3) is 0.880. The van der Waals surface area contributed by atoms with E-state index in [4.69, 9.17) is 0 Å². The van der Waals surface area contributed by atoms with Gasteiger partial charge < -0.3 is 0 Å². The molecule has 0 radical (unpaired) electrons. The predicted molar refractivity (Wildman–Crippen MR) is 228 cm³/mol. The molecule has 2 rings (SSSR count). The molecular weight excluding hydrogens is 601 g/mol. The summed E-state index contributed by atoms with van der Waals surface area (Å²) in [6, 6.07) is 0. The van der Waals surface area contributed by atoms with Crippen molar-refractivity contribution in [2.45, 2.75) is 218 Å². The average molecular weight is 693 g/mol. The maximum Gasteiger partial charge on any atom is -0.0200 e. The highest BCUT2D eigenvalue weighted by atomic mass is 14.5. The topological polar surface area (TPSA) is 0 Å². The summed E-state index contributed by atoms with van der Waals surface area (Å²) >= 11 is 0. The molecule has 0 heteroatoms. The first-order chi connectivity index (χ1) is 23.6. The fourth-order valence-corrected chi connectivity index (χ4v) is 11.1. The molecule has 0 bridgehead atoms. The van der Waals surface area contributed by atoms with Gasteiger partial charge in [0.2, 0.25) is 0 Å². The minimum atomic E-state index is 0.463. The zero-order valence-corrected chi connectivity index (χ0v) is 36.6. The summed E-state index contributed by atoms with van der Waals surface area (Å²) in [6.45, 7) is 32.3. The molecule has 1 unspecified atom stereocenters. The SMILES string of the molecule is CC[C@@H](C[C@]1(C)CC[C@@H](C)[C@](C)(CCC2CCCC[C@]2(C)CCCCCC(C)C)C1)/C(C)=C/C=C/C=C/[C@H](C)C[C@@H](C)C[C@H](CC)[C@H](C)CC. The zero-order chi connectivity index (χ0) is 37.4. The average Bonchev–Trinajstić information content (AvgIpc) is 3.06. The van der Waals surface area contributed by atoms with Gasteiger partial charge in [-0.05, 0) is 148 Å². The van der Waals surface area contributed by atoms with E-state index >= 15 is 0 Å². The molecule has 0 spiro atoms.